The number of hydrogen-bond donors (Lipinski definition) is 1. The first kappa shape index (κ1) is 22.5. The van der Waals surface area contributed by atoms with E-state index in [1.807, 2.05) is 20.8 Å². The van der Waals surface area contributed by atoms with Gasteiger partial charge in [0.2, 0.25) is 15.9 Å². The highest BCUT2D eigenvalue weighted by Crippen LogP contribution is 2.34. The predicted molar refractivity (Wildman–Crippen MR) is 116 cm³/mol. The molecule has 0 unspecified atom stereocenters. The van der Waals surface area contributed by atoms with Gasteiger partial charge >= 0.3 is 5.97 Å². The summed E-state index contributed by atoms with van der Waals surface area (Å²) < 4.78 is 31.9. The van der Waals surface area contributed by atoms with Crippen LogP contribution in [0.1, 0.15) is 39.2 Å². The average Bonchev–Trinajstić information content (AvgIpc) is 3.01. The molecule has 2 aromatic rings. The van der Waals surface area contributed by atoms with Crippen LogP contribution < -0.4 is 5.32 Å². The number of esters is 1. The highest BCUT2D eigenvalue weighted by atomic mass is 32.2. The van der Waals surface area contributed by atoms with Crippen molar-refractivity contribution >= 4 is 38.2 Å². The number of piperidine rings is 1. The molecule has 1 aromatic heterocycles. The molecule has 1 fully saturated rings. The molecule has 0 atom stereocenters. The van der Waals surface area contributed by atoms with Crippen LogP contribution in [0.3, 0.4) is 0 Å². The van der Waals surface area contributed by atoms with Gasteiger partial charge in [-0.2, -0.15) is 4.31 Å². The molecule has 1 amide bonds. The Balaban J connectivity index is 1.67. The van der Waals surface area contributed by atoms with Gasteiger partial charge < -0.3 is 10.1 Å². The summed E-state index contributed by atoms with van der Waals surface area (Å²) in [5, 5.41) is 3.34. The van der Waals surface area contributed by atoms with Crippen LogP contribution in [0.5, 0.6) is 0 Å². The highest BCUT2D eigenvalue weighted by molar-refractivity contribution is 7.89. The lowest BCUT2D eigenvalue weighted by molar-refractivity contribution is -0.120. The van der Waals surface area contributed by atoms with Gasteiger partial charge in [-0.15, -0.1) is 11.3 Å². The Bertz CT molecular complexity index is 1050. The van der Waals surface area contributed by atoms with Crippen molar-refractivity contribution in [2.75, 3.05) is 25.5 Å². The second-order valence-electron chi connectivity index (χ2n) is 7.46. The van der Waals surface area contributed by atoms with Crippen molar-refractivity contribution in [1.29, 1.82) is 0 Å². The zero-order valence-corrected chi connectivity index (χ0v) is 19.2. The molecule has 3 rings (SSSR count). The van der Waals surface area contributed by atoms with E-state index in [2.05, 4.69) is 5.32 Å². The lowest BCUT2D eigenvalue weighted by Gasteiger charge is -2.30. The summed E-state index contributed by atoms with van der Waals surface area (Å²) in [6.07, 6.45) is 0.849. The van der Waals surface area contributed by atoms with Gasteiger partial charge in [-0.1, -0.05) is 17.7 Å². The summed E-state index contributed by atoms with van der Waals surface area (Å²) >= 11 is 1.34. The quantitative estimate of drug-likeness (QED) is 0.704. The van der Waals surface area contributed by atoms with E-state index in [0.717, 1.165) is 16.0 Å². The lowest BCUT2D eigenvalue weighted by atomic mass is 9.97. The third kappa shape index (κ3) is 4.43. The molecule has 2 heterocycles. The van der Waals surface area contributed by atoms with Crippen LogP contribution in [0.25, 0.3) is 0 Å². The minimum Gasteiger partial charge on any atom is -0.465 e. The Kier molecular flexibility index (Phi) is 6.64. The Morgan fingerprint density at radius 2 is 1.70 bits per heavy atom. The van der Waals surface area contributed by atoms with E-state index in [1.165, 1.54) is 22.8 Å². The van der Waals surface area contributed by atoms with Gasteiger partial charge in [0.25, 0.3) is 0 Å². The van der Waals surface area contributed by atoms with E-state index in [9.17, 15) is 18.0 Å². The summed E-state index contributed by atoms with van der Waals surface area (Å²) in [5.41, 5.74) is 2.17. The molecule has 1 aromatic carbocycles. The molecule has 9 heteroatoms. The minimum absolute atomic E-state index is 0.200. The number of anilines is 1. The molecule has 1 saturated heterocycles. The van der Waals surface area contributed by atoms with E-state index in [-0.39, 0.29) is 29.8 Å². The number of carbonyl (C=O) groups is 2. The molecule has 0 saturated carbocycles. The number of thiophene rings is 1. The second-order valence-corrected chi connectivity index (χ2v) is 10.6. The summed E-state index contributed by atoms with van der Waals surface area (Å²) in [6, 6.07) is 6.77. The SMILES string of the molecule is COC(=O)c1c(NC(=O)C2CCN(S(=O)(=O)c3ccc(C)cc3)CC2)sc(C)c1C. The number of aryl methyl sites for hydroxylation is 2. The molecular formula is C21H26N2O5S2. The molecule has 1 N–H and O–H groups in total. The van der Waals surface area contributed by atoms with Crippen molar-refractivity contribution < 1.29 is 22.7 Å². The zero-order chi connectivity index (χ0) is 22.1. The third-order valence-electron chi connectivity index (χ3n) is 5.50. The van der Waals surface area contributed by atoms with E-state index >= 15 is 0 Å². The fourth-order valence-corrected chi connectivity index (χ4v) is 6.02. The maximum atomic E-state index is 12.8. The van der Waals surface area contributed by atoms with Crippen LogP contribution in [-0.4, -0.2) is 44.8 Å². The first-order valence-electron chi connectivity index (χ1n) is 9.71. The fraction of sp³-hybridized carbons (Fsp3) is 0.429. The first-order chi connectivity index (χ1) is 14.1. The third-order valence-corrected chi connectivity index (χ3v) is 8.53. The number of nitrogens with zero attached hydrogens (tertiary/aromatic N) is 1. The fourth-order valence-electron chi connectivity index (χ4n) is 3.49. The number of hydrogen-bond acceptors (Lipinski definition) is 6. The Morgan fingerprint density at radius 1 is 1.10 bits per heavy atom. The highest BCUT2D eigenvalue weighted by Gasteiger charge is 2.33. The number of amides is 1. The maximum Gasteiger partial charge on any atom is 0.341 e. The predicted octanol–water partition coefficient (Wildman–Crippen LogP) is 3.50. The summed E-state index contributed by atoms with van der Waals surface area (Å²) in [7, 11) is -2.26. The average molecular weight is 451 g/mol. The number of benzene rings is 1. The summed E-state index contributed by atoms with van der Waals surface area (Å²) in [4.78, 5) is 26.1. The number of methoxy groups -OCH3 is 1. The maximum absolute atomic E-state index is 12.8. The molecule has 30 heavy (non-hydrogen) atoms. The van der Waals surface area contributed by atoms with Gasteiger partial charge in [0, 0.05) is 23.9 Å². The van der Waals surface area contributed by atoms with Gasteiger partial charge in [-0.05, 0) is 51.3 Å². The van der Waals surface area contributed by atoms with Gasteiger partial charge in [-0.3, -0.25) is 4.79 Å². The molecule has 7 nitrogen and oxygen atoms in total. The lowest BCUT2D eigenvalue weighted by Crippen LogP contribution is -2.41. The standard InChI is InChI=1S/C21H26N2O5S2/c1-13-5-7-17(8-6-13)30(26,27)23-11-9-16(10-12-23)19(24)22-20-18(21(25)28-4)14(2)15(3)29-20/h5-8,16H,9-12H2,1-4H3,(H,22,24). The summed E-state index contributed by atoms with van der Waals surface area (Å²) in [6.45, 7) is 6.17. The van der Waals surface area contributed by atoms with Gasteiger partial charge in [0.1, 0.15) is 5.00 Å². The molecular weight excluding hydrogens is 424 g/mol. The largest absolute Gasteiger partial charge is 0.465 e. The van der Waals surface area contributed by atoms with Gasteiger partial charge in [-0.25, -0.2) is 13.2 Å². The zero-order valence-electron chi connectivity index (χ0n) is 17.5. The smallest absolute Gasteiger partial charge is 0.341 e. The molecule has 162 valence electrons. The van der Waals surface area contributed by atoms with Crippen LogP contribution in [-0.2, 0) is 19.6 Å². The normalized spacial score (nSPS) is 15.7. The van der Waals surface area contributed by atoms with Crippen LogP contribution >= 0.6 is 11.3 Å². The topological polar surface area (TPSA) is 92.8 Å². The molecule has 0 radical (unpaired) electrons. The minimum atomic E-state index is -3.57. The Labute approximate surface area is 181 Å². The number of rotatable bonds is 5. The molecule has 0 aliphatic carbocycles. The molecule has 1 aliphatic heterocycles. The Hall–Kier alpha value is -2.23. The molecule has 1 aliphatic rings. The van der Waals surface area contributed by atoms with Crippen LogP contribution in [0.2, 0.25) is 0 Å². The van der Waals surface area contributed by atoms with Crippen molar-refractivity contribution in [3.05, 3.63) is 45.8 Å². The first-order valence-corrected chi connectivity index (χ1v) is 12.0. The van der Waals surface area contributed by atoms with Crippen molar-refractivity contribution in [3.8, 4) is 0 Å². The van der Waals surface area contributed by atoms with Crippen molar-refractivity contribution in [2.24, 2.45) is 5.92 Å². The van der Waals surface area contributed by atoms with Crippen molar-refractivity contribution in [3.63, 3.8) is 0 Å². The number of nitrogens with one attached hydrogen (secondary N) is 1. The van der Waals surface area contributed by atoms with Crippen molar-refractivity contribution in [2.45, 2.75) is 38.5 Å². The van der Waals surface area contributed by atoms with Gasteiger partial charge in [0.05, 0.1) is 17.6 Å². The van der Waals surface area contributed by atoms with Crippen LogP contribution in [0.4, 0.5) is 5.00 Å². The monoisotopic (exact) mass is 450 g/mol. The molecule has 0 bridgehead atoms. The van der Waals surface area contributed by atoms with Crippen molar-refractivity contribution in [1.82, 2.24) is 4.31 Å². The van der Waals surface area contributed by atoms with E-state index in [0.29, 0.717) is 23.4 Å². The number of carbonyl (C=O) groups excluding carboxylic acids is 2. The van der Waals surface area contributed by atoms with Crippen LogP contribution in [0, 0.1) is 26.7 Å². The summed E-state index contributed by atoms with van der Waals surface area (Å²) in [5.74, 6) is -0.998. The van der Waals surface area contributed by atoms with Gasteiger partial charge in [0.15, 0.2) is 0 Å². The van der Waals surface area contributed by atoms with E-state index in [1.54, 1.807) is 24.3 Å². The molecule has 0 spiro atoms. The Morgan fingerprint density at radius 3 is 2.27 bits per heavy atom. The van der Waals surface area contributed by atoms with E-state index < -0.39 is 16.0 Å². The second kappa shape index (κ2) is 8.87. The number of ether oxygens (including phenoxy) is 1. The van der Waals surface area contributed by atoms with E-state index in [4.69, 9.17) is 4.74 Å². The van der Waals surface area contributed by atoms with Crippen LogP contribution in [0.15, 0.2) is 29.2 Å². The number of sulfonamides is 1.